The van der Waals surface area contributed by atoms with Crippen LogP contribution in [0, 0.1) is 10.1 Å². The van der Waals surface area contributed by atoms with Gasteiger partial charge < -0.3 is 5.32 Å². The molecule has 2 rings (SSSR count). The van der Waals surface area contributed by atoms with Crippen LogP contribution >= 0.6 is 15.9 Å². The molecule has 1 N–H and O–H groups in total. The molecule has 21 heavy (non-hydrogen) atoms. The highest BCUT2D eigenvalue weighted by Crippen LogP contribution is 2.11. The van der Waals surface area contributed by atoms with Crippen LogP contribution in [0.2, 0.25) is 0 Å². The maximum atomic E-state index is 11.9. The molecule has 10 heteroatoms. The van der Waals surface area contributed by atoms with Gasteiger partial charge in [0.2, 0.25) is 5.91 Å². The van der Waals surface area contributed by atoms with Gasteiger partial charge in [-0.05, 0) is 22.9 Å². The summed E-state index contributed by atoms with van der Waals surface area (Å²) < 4.78 is 3.75. The summed E-state index contributed by atoms with van der Waals surface area (Å²) in [6, 6.07) is -0.441. The van der Waals surface area contributed by atoms with E-state index < -0.39 is 11.0 Å². The van der Waals surface area contributed by atoms with Crippen molar-refractivity contribution in [1.29, 1.82) is 0 Å². The van der Waals surface area contributed by atoms with Crippen LogP contribution in [0.15, 0.2) is 29.3 Å². The molecule has 0 fully saturated rings. The molecular formula is C11H13BrN6O3. The Morgan fingerprint density at radius 1 is 1.48 bits per heavy atom. The lowest BCUT2D eigenvalue weighted by Gasteiger charge is -2.12. The molecule has 2 aromatic rings. The van der Waals surface area contributed by atoms with Crippen molar-refractivity contribution < 1.29 is 9.72 Å². The highest BCUT2D eigenvalue weighted by atomic mass is 79.9. The molecule has 1 amide bonds. The van der Waals surface area contributed by atoms with Crippen LogP contribution < -0.4 is 5.32 Å². The van der Waals surface area contributed by atoms with E-state index in [1.807, 2.05) is 0 Å². The zero-order chi connectivity index (χ0) is 15.4. The fourth-order valence-corrected chi connectivity index (χ4v) is 1.96. The van der Waals surface area contributed by atoms with Gasteiger partial charge in [-0.25, -0.2) is 0 Å². The van der Waals surface area contributed by atoms with Gasteiger partial charge in [-0.3, -0.25) is 24.3 Å². The van der Waals surface area contributed by atoms with Crippen LogP contribution in [0.3, 0.4) is 0 Å². The summed E-state index contributed by atoms with van der Waals surface area (Å²) in [6.07, 6.45) is 5.81. The Hall–Kier alpha value is -2.23. The number of nitrogens with one attached hydrogen (secondary N) is 1. The van der Waals surface area contributed by atoms with E-state index in [0.717, 1.165) is 4.47 Å². The van der Waals surface area contributed by atoms with E-state index in [-0.39, 0.29) is 11.6 Å². The molecule has 0 aromatic carbocycles. The van der Waals surface area contributed by atoms with Crippen LogP contribution in [0.25, 0.3) is 0 Å². The number of nitro groups is 1. The molecule has 1 atom stereocenters. The molecule has 2 aromatic heterocycles. The smallest absolute Gasteiger partial charge is 0.306 e. The van der Waals surface area contributed by atoms with E-state index in [1.54, 1.807) is 19.3 Å². The fraction of sp³-hybridized carbons (Fsp3) is 0.364. The SMILES string of the molecule is CC(C(=O)NCCn1cc([N+](=O)[O-])cn1)n1cc(Br)cn1. The van der Waals surface area contributed by atoms with Gasteiger partial charge in [0, 0.05) is 12.7 Å². The van der Waals surface area contributed by atoms with Crippen molar-refractivity contribution >= 4 is 27.5 Å². The molecule has 0 aliphatic carbocycles. The Bertz CT molecular complexity index is 652. The van der Waals surface area contributed by atoms with Crippen molar-refractivity contribution in [2.24, 2.45) is 0 Å². The van der Waals surface area contributed by atoms with Gasteiger partial charge in [0.05, 0.1) is 22.1 Å². The molecule has 1 unspecified atom stereocenters. The fourth-order valence-electron chi connectivity index (χ4n) is 1.66. The van der Waals surface area contributed by atoms with E-state index in [4.69, 9.17) is 0 Å². The minimum Gasteiger partial charge on any atom is -0.352 e. The largest absolute Gasteiger partial charge is 0.352 e. The number of hydrogen-bond acceptors (Lipinski definition) is 5. The third kappa shape index (κ3) is 3.88. The Morgan fingerprint density at radius 2 is 2.24 bits per heavy atom. The summed E-state index contributed by atoms with van der Waals surface area (Å²) in [5.41, 5.74) is -0.0731. The van der Waals surface area contributed by atoms with Crippen molar-refractivity contribution in [3.63, 3.8) is 0 Å². The van der Waals surface area contributed by atoms with Gasteiger partial charge in [0.15, 0.2) is 0 Å². The number of hydrogen-bond donors (Lipinski definition) is 1. The summed E-state index contributed by atoms with van der Waals surface area (Å²) in [5, 5.41) is 21.1. The topological polar surface area (TPSA) is 108 Å². The molecular weight excluding hydrogens is 344 g/mol. The Kier molecular flexibility index (Phi) is 4.68. The van der Waals surface area contributed by atoms with Gasteiger partial charge in [-0.15, -0.1) is 0 Å². The summed E-state index contributed by atoms with van der Waals surface area (Å²) in [4.78, 5) is 21.9. The van der Waals surface area contributed by atoms with E-state index in [1.165, 1.54) is 21.8 Å². The van der Waals surface area contributed by atoms with Crippen LogP contribution in [0.5, 0.6) is 0 Å². The zero-order valence-corrected chi connectivity index (χ0v) is 12.7. The first-order valence-corrected chi connectivity index (χ1v) is 6.91. The van der Waals surface area contributed by atoms with Gasteiger partial charge in [0.1, 0.15) is 18.4 Å². The molecule has 2 heterocycles. The number of rotatable bonds is 6. The molecule has 0 saturated heterocycles. The van der Waals surface area contributed by atoms with E-state index in [2.05, 4.69) is 31.4 Å². The monoisotopic (exact) mass is 356 g/mol. The maximum absolute atomic E-state index is 11.9. The molecule has 0 saturated carbocycles. The van der Waals surface area contributed by atoms with E-state index in [0.29, 0.717) is 13.1 Å². The van der Waals surface area contributed by atoms with Gasteiger partial charge in [-0.2, -0.15) is 10.2 Å². The summed E-state index contributed by atoms with van der Waals surface area (Å²) in [6.45, 7) is 2.41. The lowest BCUT2D eigenvalue weighted by molar-refractivity contribution is -0.385. The lowest BCUT2D eigenvalue weighted by Crippen LogP contribution is -2.33. The maximum Gasteiger partial charge on any atom is 0.306 e. The van der Waals surface area contributed by atoms with Crippen LogP contribution in [0.4, 0.5) is 5.69 Å². The van der Waals surface area contributed by atoms with Gasteiger partial charge in [-0.1, -0.05) is 0 Å². The third-order valence-electron chi connectivity index (χ3n) is 2.82. The van der Waals surface area contributed by atoms with Crippen molar-refractivity contribution in [2.45, 2.75) is 19.5 Å². The number of carbonyl (C=O) groups is 1. The average Bonchev–Trinajstić information content (AvgIpc) is 3.07. The second-order valence-corrected chi connectivity index (χ2v) is 5.24. The first kappa shape index (κ1) is 15.2. The average molecular weight is 357 g/mol. The number of aromatic nitrogens is 4. The molecule has 0 aliphatic heterocycles. The first-order chi connectivity index (χ1) is 9.97. The third-order valence-corrected chi connectivity index (χ3v) is 3.23. The molecule has 9 nitrogen and oxygen atoms in total. The van der Waals surface area contributed by atoms with Gasteiger partial charge >= 0.3 is 5.69 Å². The predicted octanol–water partition coefficient (Wildman–Crippen LogP) is 1.13. The molecule has 112 valence electrons. The van der Waals surface area contributed by atoms with Crippen molar-refractivity contribution in [3.05, 3.63) is 39.4 Å². The Balaban J connectivity index is 1.82. The second-order valence-electron chi connectivity index (χ2n) is 4.32. The molecule has 0 bridgehead atoms. The standard InChI is InChI=1S/C11H13BrN6O3/c1-8(17-6-9(12)4-15-17)11(19)13-2-3-16-7-10(5-14-16)18(20)21/h4-8H,2-3H2,1H3,(H,13,19). The minimum atomic E-state index is -0.514. The lowest BCUT2D eigenvalue weighted by atomic mass is 10.3. The quantitative estimate of drug-likeness (QED) is 0.616. The van der Waals surface area contributed by atoms with E-state index >= 15 is 0 Å². The Morgan fingerprint density at radius 3 is 2.81 bits per heavy atom. The normalized spacial score (nSPS) is 12.1. The van der Waals surface area contributed by atoms with Crippen LogP contribution in [-0.4, -0.2) is 36.9 Å². The molecule has 0 aliphatic rings. The number of amides is 1. The van der Waals surface area contributed by atoms with Gasteiger partial charge in [0.25, 0.3) is 0 Å². The van der Waals surface area contributed by atoms with Crippen LogP contribution in [-0.2, 0) is 11.3 Å². The minimum absolute atomic E-state index is 0.0731. The highest BCUT2D eigenvalue weighted by Gasteiger charge is 2.15. The first-order valence-electron chi connectivity index (χ1n) is 6.11. The van der Waals surface area contributed by atoms with E-state index in [9.17, 15) is 14.9 Å². The number of nitrogens with zero attached hydrogens (tertiary/aromatic N) is 5. The predicted molar refractivity (Wildman–Crippen MR) is 76.5 cm³/mol. The number of carbonyl (C=O) groups excluding carboxylic acids is 1. The number of halogens is 1. The summed E-state index contributed by atoms with van der Waals surface area (Å²) in [5.74, 6) is -0.188. The molecule has 0 radical (unpaired) electrons. The van der Waals surface area contributed by atoms with Crippen molar-refractivity contribution in [1.82, 2.24) is 24.9 Å². The summed E-state index contributed by atoms with van der Waals surface area (Å²) >= 11 is 3.27. The Labute approximate surface area is 128 Å². The van der Waals surface area contributed by atoms with Crippen molar-refractivity contribution in [2.75, 3.05) is 6.54 Å². The highest BCUT2D eigenvalue weighted by molar-refractivity contribution is 9.10. The van der Waals surface area contributed by atoms with Crippen molar-refractivity contribution in [3.8, 4) is 0 Å². The summed E-state index contributed by atoms with van der Waals surface area (Å²) in [7, 11) is 0. The second kappa shape index (κ2) is 6.48. The van der Waals surface area contributed by atoms with Crippen LogP contribution in [0.1, 0.15) is 13.0 Å². The zero-order valence-electron chi connectivity index (χ0n) is 11.1. The molecule has 0 spiro atoms.